The fourth-order valence-electron chi connectivity index (χ4n) is 3.37. The Labute approximate surface area is 231 Å². The Morgan fingerprint density at radius 1 is 0.846 bits per heavy atom. The minimum Gasteiger partial charge on any atom is -0.491 e. The van der Waals surface area contributed by atoms with E-state index in [2.05, 4.69) is 0 Å². The summed E-state index contributed by atoms with van der Waals surface area (Å²) in [4.78, 5) is 24.1. The van der Waals surface area contributed by atoms with Crippen molar-refractivity contribution in [3.05, 3.63) is 36.4 Å². The third-order valence-corrected chi connectivity index (χ3v) is 5.66. The predicted octanol–water partition coefficient (Wildman–Crippen LogP) is 4.44. The van der Waals surface area contributed by atoms with Gasteiger partial charge in [-0.25, -0.2) is 4.79 Å². The lowest BCUT2D eigenvalue weighted by Crippen LogP contribution is -2.35. The summed E-state index contributed by atoms with van der Waals surface area (Å²) in [6, 6.07) is 11.1. The van der Waals surface area contributed by atoms with E-state index in [0.29, 0.717) is 11.5 Å². The summed E-state index contributed by atoms with van der Waals surface area (Å²) in [7, 11) is 0. The molecule has 0 aliphatic carbocycles. The predicted molar refractivity (Wildman–Crippen MR) is 148 cm³/mol. The number of benzene rings is 2. The molecule has 0 heterocycles. The fraction of sp³-hybridized carbons (Fsp3) is 0.600. The average Bonchev–Trinajstić information content (AvgIpc) is 2.81. The second kappa shape index (κ2) is 13.5. The van der Waals surface area contributed by atoms with E-state index in [1.54, 1.807) is 40.7 Å². The minimum atomic E-state index is -1.05. The van der Waals surface area contributed by atoms with Crippen molar-refractivity contribution in [1.29, 1.82) is 0 Å². The first kappa shape index (κ1) is 32.3. The average molecular weight is 549 g/mol. The molecule has 0 saturated carbocycles. The number of esters is 2. The Morgan fingerprint density at radius 2 is 1.54 bits per heavy atom. The quantitative estimate of drug-likeness (QED) is 0.350. The van der Waals surface area contributed by atoms with Gasteiger partial charge in [0.2, 0.25) is 0 Å². The van der Waals surface area contributed by atoms with Crippen LogP contribution in [-0.2, 0) is 23.8 Å². The maximum Gasteiger partial charge on any atom is 0.332 e. The molecular weight excluding hydrogens is 504 g/mol. The highest BCUT2D eigenvalue weighted by Gasteiger charge is 2.28. The number of carbonyl (C=O) groups is 2. The molecule has 0 aliphatic rings. The normalized spacial score (nSPS) is 14.0. The van der Waals surface area contributed by atoms with Crippen LogP contribution in [0.4, 0.5) is 0 Å². The highest BCUT2D eigenvalue weighted by molar-refractivity contribution is 5.89. The van der Waals surface area contributed by atoms with Gasteiger partial charge in [0.1, 0.15) is 49.6 Å². The molecular formula is C30H44O9. The van der Waals surface area contributed by atoms with Gasteiger partial charge < -0.3 is 33.9 Å². The van der Waals surface area contributed by atoms with E-state index in [1.807, 2.05) is 51.1 Å². The number of hydrogen-bond acceptors (Lipinski definition) is 9. The van der Waals surface area contributed by atoms with Crippen molar-refractivity contribution in [2.75, 3.05) is 26.4 Å². The summed E-state index contributed by atoms with van der Waals surface area (Å²) in [6.07, 6.45) is -1.68. The van der Waals surface area contributed by atoms with E-state index in [4.69, 9.17) is 23.7 Å². The number of hydrogen-bond donors (Lipinski definition) is 2. The van der Waals surface area contributed by atoms with Crippen LogP contribution < -0.4 is 9.47 Å². The van der Waals surface area contributed by atoms with E-state index >= 15 is 0 Å². The number of fused-ring (bicyclic) bond motifs is 1. The number of rotatable bonds is 13. The lowest BCUT2D eigenvalue weighted by molar-refractivity contribution is -0.168. The molecule has 0 amide bonds. The summed E-state index contributed by atoms with van der Waals surface area (Å²) in [5.74, 6) is 0.101. The fourth-order valence-corrected chi connectivity index (χ4v) is 3.37. The summed E-state index contributed by atoms with van der Waals surface area (Å²) in [6.45, 7) is 14.0. The van der Waals surface area contributed by atoms with Crippen LogP contribution in [0.1, 0.15) is 61.8 Å². The Morgan fingerprint density at radius 3 is 2.18 bits per heavy atom. The molecule has 2 rings (SSSR count). The first-order valence-corrected chi connectivity index (χ1v) is 13.1. The van der Waals surface area contributed by atoms with Gasteiger partial charge in [-0.15, -0.1) is 0 Å². The molecule has 39 heavy (non-hydrogen) atoms. The summed E-state index contributed by atoms with van der Waals surface area (Å²) >= 11 is 0. The molecule has 218 valence electrons. The second-order valence-corrected chi connectivity index (χ2v) is 12.3. The molecule has 0 aromatic heterocycles. The SMILES string of the molecule is CC(C)(C)OC(=O)CC(C)(C)OCC(=O)OCC(O)COc1ccc2c(OCC(O)C(C)(C)C)cccc2c1. The van der Waals surface area contributed by atoms with Crippen LogP contribution in [0.25, 0.3) is 10.8 Å². The number of carbonyl (C=O) groups excluding carboxylic acids is 2. The van der Waals surface area contributed by atoms with Crippen molar-refractivity contribution in [2.24, 2.45) is 5.41 Å². The minimum absolute atomic E-state index is 0.0216. The van der Waals surface area contributed by atoms with Crippen LogP contribution in [0, 0.1) is 5.41 Å². The molecule has 0 aliphatic heterocycles. The van der Waals surface area contributed by atoms with Crippen molar-refractivity contribution in [1.82, 2.24) is 0 Å². The molecule has 0 spiro atoms. The van der Waals surface area contributed by atoms with Gasteiger partial charge in [-0.3, -0.25) is 4.79 Å². The zero-order valence-electron chi connectivity index (χ0n) is 24.4. The number of aliphatic hydroxyl groups is 2. The van der Waals surface area contributed by atoms with Crippen LogP contribution in [-0.4, -0.2) is 72.0 Å². The van der Waals surface area contributed by atoms with Gasteiger partial charge in [0.15, 0.2) is 0 Å². The maximum atomic E-state index is 12.1. The van der Waals surface area contributed by atoms with Gasteiger partial charge in [0.05, 0.1) is 18.1 Å². The van der Waals surface area contributed by atoms with Crippen molar-refractivity contribution < 1.29 is 43.5 Å². The number of ether oxygens (including phenoxy) is 5. The molecule has 0 saturated heterocycles. The third-order valence-electron chi connectivity index (χ3n) is 5.66. The van der Waals surface area contributed by atoms with E-state index in [9.17, 15) is 19.8 Å². The van der Waals surface area contributed by atoms with Crippen LogP contribution in [0.5, 0.6) is 11.5 Å². The first-order valence-electron chi connectivity index (χ1n) is 13.1. The summed E-state index contributed by atoms with van der Waals surface area (Å²) in [5.41, 5.74) is -1.81. The van der Waals surface area contributed by atoms with Crippen LogP contribution in [0.15, 0.2) is 36.4 Å². The summed E-state index contributed by atoms with van der Waals surface area (Å²) < 4.78 is 27.4. The van der Waals surface area contributed by atoms with Crippen molar-refractivity contribution in [3.63, 3.8) is 0 Å². The Bertz CT molecular complexity index is 1100. The lowest BCUT2D eigenvalue weighted by atomic mass is 9.90. The topological polar surface area (TPSA) is 121 Å². The molecule has 2 unspecified atom stereocenters. The molecule has 2 N–H and O–H groups in total. The van der Waals surface area contributed by atoms with Gasteiger partial charge in [-0.2, -0.15) is 0 Å². The first-order chi connectivity index (χ1) is 17.9. The molecule has 0 fully saturated rings. The highest BCUT2D eigenvalue weighted by atomic mass is 16.6. The Balaban J connectivity index is 1.80. The molecule has 9 nitrogen and oxygen atoms in total. The van der Waals surface area contributed by atoms with Gasteiger partial charge in [0, 0.05) is 5.39 Å². The molecule has 9 heteroatoms. The van der Waals surface area contributed by atoms with Crippen LogP contribution in [0.2, 0.25) is 0 Å². The van der Waals surface area contributed by atoms with Crippen LogP contribution >= 0.6 is 0 Å². The monoisotopic (exact) mass is 548 g/mol. The lowest BCUT2D eigenvalue weighted by Gasteiger charge is -2.26. The Hall–Kier alpha value is -2.88. The van der Waals surface area contributed by atoms with E-state index in [-0.39, 0.29) is 38.3 Å². The van der Waals surface area contributed by atoms with Crippen molar-refractivity contribution in [2.45, 2.75) is 85.2 Å². The van der Waals surface area contributed by atoms with E-state index < -0.39 is 35.3 Å². The smallest absolute Gasteiger partial charge is 0.332 e. The van der Waals surface area contributed by atoms with E-state index in [0.717, 1.165) is 10.8 Å². The van der Waals surface area contributed by atoms with Crippen LogP contribution in [0.3, 0.4) is 0 Å². The second-order valence-electron chi connectivity index (χ2n) is 12.3. The third kappa shape index (κ3) is 11.8. The zero-order valence-corrected chi connectivity index (χ0v) is 24.4. The Kier molecular flexibility index (Phi) is 11.2. The van der Waals surface area contributed by atoms with Gasteiger partial charge in [-0.05, 0) is 69.7 Å². The maximum absolute atomic E-state index is 12.1. The molecule has 0 bridgehead atoms. The van der Waals surface area contributed by atoms with Gasteiger partial charge in [0.25, 0.3) is 0 Å². The van der Waals surface area contributed by atoms with Gasteiger partial charge >= 0.3 is 11.9 Å². The molecule has 2 aromatic carbocycles. The number of aliphatic hydroxyl groups excluding tert-OH is 2. The molecule has 0 radical (unpaired) electrons. The molecule has 2 aromatic rings. The van der Waals surface area contributed by atoms with Crippen molar-refractivity contribution in [3.8, 4) is 11.5 Å². The molecule has 2 atom stereocenters. The standard InChI is InChI=1S/C30H44O9/c1-28(2,3)25(32)18-36-24-11-9-10-20-14-22(12-13-23(20)24)35-16-21(31)17-37-27(34)19-38-30(7,8)15-26(33)39-29(4,5)6/h9-14,21,25,31-32H,15-19H2,1-8H3. The summed E-state index contributed by atoms with van der Waals surface area (Å²) in [5, 5.41) is 22.2. The van der Waals surface area contributed by atoms with Crippen molar-refractivity contribution >= 4 is 22.7 Å². The largest absolute Gasteiger partial charge is 0.491 e. The van der Waals surface area contributed by atoms with Gasteiger partial charge in [-0.1, -0.05) is 32.9 Å². The highest BCUT2D eigenvalue weighted by Crippen LogP contribution is 2.30. The zero-order chi connectivity index (χ0) is 29.4. The van der Waals surface area contributed by atoms with E-state index in [1.165, 1.54) is 0 Å².